The van der Waals surface area contributed by atoms with Gasteiger partial charge in [0.25, 0.3) is 0 Å². The molecule has 1 spiro atoms. The van der Waals surface area contributed by atoms with Gasteiger partial charge in [-0.3, -0.25) is 0 Å². The van der Waals surface area contributed by atoms with E-state index in [9.17, 15) is 5.11 Å². The molecule has 2 heterocycles. The number of rotatable bonds is 3. The lowest BCUT2D eigenvalue weighted by molar-refractivity contribution is -0.0536. The SMILES string of the molecule is OCC1(CN2CCC3(CCCC3)C2)CCCOC1. The number of hydrogen-bond acceptors (Lipinski definition) is 3. The summed E-state index contributed by atoms with van der Waals surface area (Å²) in [5.41, 5.74) is 0.675. The van der Waals surface area contributed by atoms with E-state index >= 15 is 0 Å². The van der Waals surface area contributed by atoms with Crippen molar-refractivity contribution in [2.45, 2.75) is 44.9 Å². The molecule has 3 rings (SSSR count). The molecule has 0 aromatic carbocycles. The minimum atomic E-state index is 0.0301. The van der Waals surface area contributed by atoms with Crippen molar-refractivity contribution >= 4 is 0 Å². The van der Waals surface area contributed by atoms with Crippen LogP contribution in [0.4, 0.5) is 0 Å². The molecule has 1 saturated carbocycles. The molecule has 3 aliphatic rings. The van der Waals surface area contributed by atoms with Crippen LogP contribution in [-0.2, 0) is 4.74 Å². The average Bonchev–Trinajstić information content (AvgIpc) is 3.02. The van der Waals surface area contributed by atoms with Crippen LogP contribution in [0.5, 0.6) is 0 Å². The number of likely N-dealkylation sites (tertiary alicyclic amines) is 1. The summed E-state index contributed by atoms with van der Waals surface area (Å²) in [6.45, 7) is 5.48. The Morgan fingerprint density at radius 3 is 2.56 bits per heavy atom. The summed E-state index contributed by atoms with van der Waals surface area (Å²) in [6.07, 6.45) is 9.37. The quantitative estimate of drug-likeness (QED) is 0.835. The highest BCUT2D eigenvalue weighted by atomic mass is 16.5. The number of aliphatic hydroxyl groups is 1. The van der Waals surface area contributed by atoms with Crippen LogP contribution in [-0.4, -0.2) is 49.5 Å². The fourth-order valence-electron chi connectivity index (χ4n) is 4.38. The van der Waals surface area contributed by atoms with Crippen molar-refractivity contribution < 1.29 is 9.84 Å². The van der Waals surface area contributed by atoms with Gasteiger partial charge in [-0.1, -0.05) is 12.8 Å². The molecule has 104 valence electrons. The molecular formula is C15H27NO2. The van der Waals surface area contributed by atoms with Gasteiger partial charge in [0.15, 0.2) is 0 Å². The van der Waals surface area contributed by atoms with Crippen LogP contribution in [0.2, 0.25) is 0 Å². The first-order valence-corrected chi connectivity index (χ1v) is 7.67. The molecule has 18 heavy (non-hydrogen) atoms. The molecule has 2 aliphatic heterocycles. The smallest absolute Gasteiger partial charge is 0.0556 e. The average molecular weight is 253 g/mol. The second-order valence-electron chi connectivity index (χ2n) is 6.98. The number of ether oxygens (including phenoxy) is 1. The second kappa shape index (κ2) is 5.10. The van der Waals surface area contributed by atoms with E-state index < -0.39 is 0 Å². The molecule has 0 radical (unpaired) electrons. The van der Waals surface area contributed by atoms with E-state index in [4.69, 9.17) is 4.74 Å². The summed E-state index contributed by atoms with van der Waals surface area (Å²) in [6, 6.07) is 0. The molecule has 3 heteroatoms. The molecule has 1 aliphatic carbocycles. The van der Waals surface area contributed by atoms with E-state index in [1.54, 1.807) is 0 Å². The minimum Gasteiger partial charge on any atom is -0.396 e. The van der Waals surface area contributed by atoms with Gasteiger partial charge in [-0.25, -0.2) is 0 Å². The summed E-state index contributed by atoms with van der Waals surface area (Å²) < 4.78 is 5.62. The lowest BCUT2D eigenvalue weighted by Gasteiger charge is -2.38. The van der Waals surface area contributed by atoms with Crippen molar-refractivity contribution in [1.82, 2.24) is 4.90 Å². The third-order valence-electron chi connectivity index (χ3n) is 5.48. The predicted molar refractivity (Wildman–Crippen MR) is 71.5 cm³/mol. The Morgan fingerprint density at radius 1 is 1.06 bits per heavy atom. The molecule has 0 aromatic heterocycles. The van der Waals surface area contributed by atoms with Crippen LogP contribution in [0.25, 0.3) is 0 Å². The van der Waals surface area contributed by atoms with Gasteiger partial charge in [0, 0.05) is 25.1 Å². The molecule has 0 aromatic rings. The molecule has 1 atom stereocenters. The summed E-state index contributed by atoms with van der Waals surface area (Å²) in [4.78, 5) is 2.61. The van der Waals surface area contributed by atoms with Gasteiger partial charge in [-0.2, -0.15) is 0 Å². The van der Waals surface area contributed by atoms with Gasteiger partial charge in [-0.15, -0.1) is 0 Å². The first-order valence-electron chi connectivity index (χ1n) is 7.67. The van der Waals surface area contributed by atoms with E-state index in [-0.39, 0.29) is 12.0 Å². The maximum Gasteiger partial charge on any atom is 0.0556 e. The van der Waals surface area contributed by atoms with E-state index in [0.29, 0.717) is 5.41 Å². The maximum atomic E-state index is 9.75. The van der Waals surface area contributed by atoms with Gasteiger partial charge >= 0.3 is 0 Å². The van der Waals surface area contributed by atoms with Crippen molar-refractivity contribution in [3.8, 4) is 0 Å². The van der Waals surface area contributed by atoms with Crippen LogP contribution >= 0.6 is 0 Å². The van der Waals surface area contributed by atoms with Crippen molar-refractivity contribution in [3.05, 3.63) is 0 Å². The lowest BCUT2D eigenvalue weighted by Crippen LogP contribution is -2.45. The third-order valence-corrected chi connectivity index (χ3v) is 5.48. The van der Waals surface area contributed by atoms with Crippen molar-refractivity contribution in [2.75, 3.05) is 39.5 Å². The monoisotopic (exact) mass is 253 g/mol. The first kappa shape index (κ1) is 12.9. The number of nitrogens with zero attached hydrogens (tertiary/aromatic N) is 1. The second-order valence-corrected chi connectivity index (χ2v) is 6.98. The molecule has 1 unspecified atom stereocenters. The Bertz CT molecular complexity index is 280. The summed E-state index contributed by atoms with van der Waals surface area (Å²) in [5.74, 6) is 0. The zero-order valence-corrected chi connectivity index (χ0v) is 11.5. The minimum absolute atomic E-state index is 0.0301. The van der Waals surface area contributed by atoms with Gasteiger partial charge in [0.2, 0.25) is 0 Å². The molecule has 1 N–H and O–H groups in total. The normalized spacial score (nSPS) is 36.5. The van der Waals surface area contributed by atoms with Crippen LogP contribution in [0.3, 0.4) is 0 Å². The van der Waals surface area contributed by atoms with Crippen LogP contribution in [0.1, 0.15) is 44.9 Å². The number of hydrogen-bond donors (Lipinski definition) is 1. The highest BCUT2D eigenvalue weighted by Gasteiger charge is 2.43. The molecule has 0 bridgehead atoms. The molecule has 3 fully saturated rings. The Morgan fingerprint density at radius 2 is 1.89 bits per heavy atom. The van der Waals surface area contributed by atoms with Crippen LogP contribution in [0, 0.1) is 10.8 Å². The Kier molecular flexibility index (Phi) is 3.65. The van der Waals surface area contributed by atoms with Gasteiger partial charge in [0.05, 0.1) is 13.2 Å². The Balaban J connectivity index is 1.59. The van der Waals surface area contributed by atoms with Crippen LogP contribution < -0.4 is 0 Å². The topological polar surface area (TPSA) is 32.7 Å². The fourth-order valence-corrected chi connectivity index (χ4v) is 4.38. The van der Waals surface area contributed by atoms with E-state index in [0.717, 1.165) is 32.6 Å². The number of aliphatic hydroxyl groups excluding tert-OH is 1. The Hall–Kier alpha value is -0.120. The summed E-state index contributed by atoms with van der Waals surface area (Å²) >= 11 is 0. The lowest BCUT2D eigenvalue weighted by atomic mass is 9.82. The summed E-state index contributed by atoms with van der Waals surface area (Å²) in [7, 11) is 0. The fraction of sp³-hybridized carbons (Fsp3) is 1.00. The highest BCUT2D eigenvalue weighted by molar-refractivity contribution is 4.95. The predicted octanol–water partition coefficient (Wildman–Crippen LogP) is 2.04. The van der Waals surface area contributed by atoms with Crippen molar-refractivity contribution in [3.63, 3.8) is 0 Å². The van der Waals surface area contributed by atoms with Gasteiger partial charge in [0.1, 0.15) is 0 Å². The zero-order valence-electron chi connectivity index (χ0n) is 11.5. The van der Waals surface area contributed by atoms with E-state index in [1.807, 2.05) is 0 Å². The van der Waals surface area contributed by atoms with Crippen LogP contribution in [0.15, 0.2) is 0 Å². The summed E-state index contributed by atoms with van der Waals surface area (Å²) in [5, 5.41) is 9.75. The molecule has 3 nitrogen and oxygen atoms in total. The standard InChI is InChI=1S/C15H27NO2/c17-12-15(6-3-9-18-13-15)11-16-8-7-14(10-16)4-1-2-5-14/h17H,1-13H2. The largest absolute Gasteiger partial charge is 0.396 e. The first-order chi connectivity index (χ1) is 8.76. The molecule has 2 saturated heterocycles. The van der Waals surface area contributed by atoms with E-state index in [1.165, 1.54) is 45.2 Å². The van der Waals surface area contributed by atoms with Gasteiger partial charge in [-0.05, 0) is 44.1 Å². The third kappa shape index (κ3) is 2.45. The van der Waals surface area contributed by atoms with Crippen molar-refractivity contribution in [2.24, 2.45) is 10.8 Å². The zero-order chi connectivity index (χ0) is 12.5. The van der Waals surface area contributed by atoms with E-state index in [2.05, 4.69) is 4.90 Å². The molecular weight excluding hydrogens is 226 g/mol. The van der Waals surface area contributed by atoms with Crippen molar-refractivity contribution in [1.29, 1.82) is 0 Å². The highest BCUT2D eigenvalue weighted by Crippen LogP contribution is 2.46. The van der Waals surface area contributed by atoms with Gasteiger partial charge < -0.3 is 14.7 Å². The Labute approximate surface area is 110 Å². The maximum absolute atomic E-state index is 9.75. The molecule has 0 amide bonds.